The van der Waals surface area contributed by atoms with Gasteiger partial charge in [-0.15, -0.1) is 24.0 Å². The number of benzene rings is 1. The quantitative estimate of drug-likeness (QED) is 0.341. The van der Waals surface area contributed by atoms with Crippen molar-refractivity contribution < 1.29 is 9.47 Å². The van der Waals surface area contributed by atoms with E-state index < -0.39 is 0 Å². The minimum atomic E-state index is 0. The van der Waals surface area contributed by atoms with E-state index in [-0.39, 0.29) is 24.0 Å². The van der Waals surface area contributed by atoms with E-state index in [9.17, 15) is 0 Å². The van der Waals surface area contributed by atoms with E-state index in [1.54, 1.807) is 0 Å². The van der Waals surface area contributed by atoms with Crippen molar-refractivity contribution in [1.82, 2.24) is 15.5 Å². The molecular formula is C21H35IN4O2. The van der Waals surface area contributed by atoms with Crippen molar-refractivity contribution in [3.8, 4) is 5.75 Å². The van der Waals surface area contributed by atoms with Gasteiger partial charge in [0.1, 0.15) is 5.75 Å². The van der Waals surface area contributed by atoms with Crippen LogP contribution in [0, 0.1) is 0 Å². The van der Waals surface area contributed by atoms with E-state index in [4.69, 9.17) is 9.47 Å². The number of halogens is 1. The summed E-state index contributed by atoms with van der Waals surface area (Å²) >= 11 is 0. The molecule has 0 radical (unpaired) electrons. The average molecular weight is 502 g/mol. The van der Waals surface area contributed by atoms with Crippen molar-refractivity contribution >= 4 is 29.9 Å². The van der Waals surface area contributed by atoms with Gasteiger partial charge >= 0.3 is 0 Å². The molecule has 0 unspecified atom stereocenters. The Bertz CT molecular complexity index is 570. The lowest BCUT2D eigenvalue weighted by Crippen LogP contribution is -2.44. The molecule has 0 bridgehead atoms. The standard InChI is InChI=1S/C21H34N4O2.HI/c1-22-21(23-11-12-25-13-15-26-16-14-25)24-17-18-7-9-20(10-8-18)27-19-5-3-2-4-6-19;/h7-10,19H,2-6,11-17H2,1H3,(H2,22,23,24);1H. The molecule has 2 fully saturated rings. The summed E-state index contributed by atoms with van der Waals surface area (Å²) < 4.78 is 11.5. The van der Waals surface area contributed by atoms with Gasteiger partial charge in [-0.2, -0.15) is 0 Å². The lowest BCUT2D eigenvalue weighted by atomic mass is 9.98. The van der Waals surface area contributed by atoms with Crippen LogP contribution >= 0.6 is 24.0 Å². The molecule has 1 saturated carbocycles. The normalized spacial score (nSPS) is 19.0. The number of nitrogens with zero attached hydrogens (tertiary/aromatic N) is 2. The summed E-state index contributed by atoms with van der Waals surface area (Å²) in [6, 6.07) is 8.43. The van der Waals surface area contributed by atoms with Gasteiger partial charge in [0.15, 0.2) is 5.96 Å². The van der Waals surface area contributed by atoms with Crippen molar-refractivity contribution in [1.29, 1.82) is 0 Å². The van der Waals surface area contributed by atoms with Crippen LogP contribution in [0.4, 0.5) is 0 Å². The summed E-state index contributed by atoms with van der Waals surface area (Å²) in [7, 11) is 1.81. The van der Waals surface area contributed by atoms with Crippen LogP contribution in [-0.4, -0.2) is 63.4 Å². The molecule has 6 nitrogen and oxygen atoms in total. The first-order chi connectivity index (χ1) is 13.3. The highest BCUT2D eigenvalue weighted by atomic mass is 127. The lowest BCUT2D eigenvalue weighted by molar-refractivity contribution is 0.0389. The van der Waals surface area contributed by atoms with Crippen LogP contribution in [0.3, 0.4) is 0 Å². The SMILES string of the molecule is CN=C(NCCN1CCOCC1)NCc1ccc(OC2CCCCC2)cc1.I. The van der Waals surface area contributed by atoms with Gasteiger partial charge in [-0.25, -0.2) is 0 Å². The highest BCUT2D eigenvalue weighted by molar-refractivity contribution is 14.0. The molecule has 1 aromatic carbocycles. The molecule has 158 valence electrons. The number of morpholine rings is 1. The minimum Gasteiger partial charge on any atom is -0.490 e. The van der Waals surface area contributed by atoms with Crippen molar-refractivity contribution in [3.05, 3.63) is 29.8 Å². The van der Waals surface area contributed by atoms with E-state index in [0.717, 1.165) is 57.6 Å². The predicted molar refractivity (Wildman–Crippen MR) is 125 cm³/mol. The fraction of sp³-hybridized carbons (Fsp3) is 0.667. The Hall–Kier alpha value is -1.06. The fourth-order valence-corrected chi connectivity index (χ4v) is 3.62. The third-order valence-electron chi connectivity index (χ3n) is 5.29. The number of hydrogen-bond donors (Lipinski definition) is 2. The number of aliphatic imine (C=N–C) groups is 1. The van der Waals surface area contributed by atoms with Gasteiger partial charge in [-0.05, 0) is 43.4 Å². The van der Waals surface area contributed by atoms with Gasteiger partial charge in [0.25, 0.3) is 0 Å². The summed E-state index contributed by atoms with van der Waals surface area (Å²) in [6.07, 6.45) is 6.73. The van der Waals surface area contributed by atoms with Crippen molar-refractivity contribution in [2.24, 2.45) is 4.99 Å². The van der Waals surface area contributed by atoms with Crippen LogP contribution in [0.25, 0.3) is 0 Å². The first-order valence-electron chi connectivity index (χ1n) is 10.3. The van der Waals surface area contributed by atoms with Gasteiger partial charge < -0.3 is 20.1 Å². The van der Waals surface area contributed by atoms with Gasteiger partial charge in [0.2, 0.25) is 0 Å². The molecule has 1 aliphatic carbocycles. The second-order valence-corrected chi connectivity index (χ2v) is 7.33. The molecule has 1 saturated heterocycles. The maximum atomic E-state index is 6.10. The molecular weight excluding hydrogens is 467 g/mol. The van der Waals surface area contributed by atoms with E-state index in [2.05, 4.69) is 44.8 Å². The highest BCUT2D eigenvalue weighted by Crippen LogP contribution is 2.23. The molecule has 7 heteroatoms. The summed E-state index contributed by atoms with van der Waals surface area (Å²) in [5.41, 5.74) is 1.22. The number of rotatable bonds is 7. The Morgan fingerprint density at radius 2 is 1.82 bits per heavy atom. The first kappa shape index (κ1) is 23.2. The molecule has 1 aromatic rings. The van der Waals surface area contributed by atoms with Crippen LogP contribution in [-0.2, 0) is 11.3 Å². The zero-order valence-corrected chi connectivity index (χ0v) is 19.3. The Morgan fingerprint density at radius 1 is 1.11 bits per heavy atom. The van der Waals surface area contributed by atoms with Gasteiger partial charge in [0.05, 0.1) is 19.3 Å². The van der Waals surface area contributed by atoms with Gasteiger partial charge in [-0.1, -0.05) is 18.6 Å². The van der Waals surface area contributed by atoms with Crippen molar-refractivity contribution in [3.63, 3.8) is 0 Å². The smallest absolute Gasteiger partial charge is 0.191 e. The second kappa shape index (κ2) is 13.2. The summed E-state index contributed by atoms with van der Waals surface area (Å²) in [5.74, 6) is 1.82. The maximum absolute atomic E-state index is 6.10. The molecule has 0 atom stereocenters. The minimum absolute atomic E-state index is 0. The number of guanidine groups is 1. The molecule has 28 heavy (non-hydrogen) atoms. The molecule has 2 aliphatic rings. The maximum Gasteiger partial charge on any atom is 0.191 e. The summed E-state index contributed by atoms with van der Waals surface area (Å²) in [6.45, 7) is 6.36. The monoisotopic (exact) mass is 502 g/mol. The average Bonchev–Trinajstić information content (AvgIpc) is 2.73. The van der Waals surface area contributed by atoms with Crippen LogP contribution in [0.1, 0.15) is 37.7 Å². The van der Waals surface area contributed by atoms with Gasteiger partial charge in [0, 0.05) is 39.8 Å². The molecule has 3 rings (SSSR count). The highest BCUT2D eigenvalue weighted by Gasteiger charge is 2.14. The zero-order valence-electron chi connectivity index (χ0n) is 17.0. The topological polar surface area (TPSA) is 58.1 Å². The predicted octanol–water partition coefficient (Wildman–Crippen LogP) is 3.01. The van der Waals surface area contributed by atoms with Gasteiger partial charge in [-0.3, -0.25) is 9.89 Å². The molecule has 0 amide bonds. The lowest BCUT2D eigenvalue weighted by Gasteiger charge is -2.26. The van der Waals surface area contributed by atoms with Crippen LogP contribution in [0.15, 0.2) is 29.3 Å². The largest absolute Gasteiger partial charge is 0.490 e. The Kier molecular flexibility index (Phi) is 11.0. The second-order valence-electron chi connectivity index (χ2n) is 7.33. The third kappa shape index (κ3) is 8.13. The molecule has 0 spiro atoms. The van der Waals surface area contributed by atoms with E-state index in [1.807, 2.05) is 7.05 Å². The van der Waals surface area contributed by atoms with E-state index >= 15 is 0 Å². The molecule has 2 N–H and O–H groups in total. The summed E-state index contributed by atoms with van der Waals surface area (Å²) in [4.78, 5) is 6.72. The Morgan fingerprint density at radius 3 is 2.50 bits per heavy atom. The molecule has 0 aromatic heterocycles. The number of hydrogen-bond acceptors (Lipinski definition) is 4. The molecule has 1 aliphatic heterocycles. The van der Waals surface area contributed by atoms with Crippen LogP contribution in [0.5, 0.6) is 5.75 Å². The first-order valence-corrected chi connectivity index (χ1v) is 10.3. The van der Waals surface area contributed by atoms with E-state index in [1.165, 1.54) is 37.7 Å². The number of ether oxygens (including phenoxy) is 2. The number of nitrogens with one attached hydrogen (secondary N) is 2. The third-order valence-corrected chi connectivity index (χ3v) is 5.29. The Labute approximate surface area is 186 Å². The summed E-state index contributed by atoms with van der Waals surface area (Å²) in [5, 5.41) is 6.76. The van der Waals surface area contributed by atoms with Crippen LogP contribution in [0.2, 0.25) is 0 Å². The van der Waals surface area contributed by atoms with Crippen molar-refractivity contribution in [2.75, 3.05) is 46.4 Å². The van der Waals surface area contributed by atoms with Crippen molar-refractivity contribution in [2.45, 2.75) is 44.8 Å². The fourth-order valence-electron chi connectivity index (χ4n) is 3.62. The zero-order chi connectivity index (χ0) is 18.7. The molecule has 1 heterocycles. The Balaban J connectivity index is 0.00000280. The van der Waals surface area contributed by atoms with E-state index in [0.29, 0.717) is 6.10 Å². The van der Waals surface area contributed by atoms with Crippen LogP contribution < -0.4 is 15.4 Å².